The Bertz CT molecular complexity index is 261. The lowest BCUT2D eigenvalue weighted by Crippen LogP contribution is -2.38. The fourth-order valence-electron chi connectivity index (χ4n) is 1.90. The average molecular weight is 198 g/mol. The fraction of sp³-hybridized carbons (Fsp3) is 0.778. The molecule has 0 aromatic heterocycles. The summed E-state index contributed by atoms with van der Waals surface area (Å²) in [6.07, 6.45) is 1.01. The minimum Gasteiger partial charge on any atom is -0.381 e. The first kappa shape index (κ1) is 9.61. The van der Waals surface area contributed by atoms with E-state index in [1.165, 1.54) is 4.90 Å². The lowest BCUT2D eigenvalue weighted by Gasteiger charge is -2.17. The van der Waals surface area contributed by atoms with Crippen LogP contribution in [0.4, 0.5) is 0 Å². The molecule has 2 aliphatic heterocycles. The molecule has 5 nitrogen and oxygen atoms in total. The number of amides is 2. The van der Waals surface area contributed by atoms with Gasteiger partial charge in [0.2, 0.25) is 11.8 Å². The van der Waals surface area contributed by atoms with Crippen LogP contribution in [0.15, 0.2) is 0 Å². The summed E-state index contributed by atoms with van der Waals surface area (Å²) in [4.78, 5) is 24.4. The van der Waals surface area contributed by atoms with Crippen LogP contribution in [0.5, 0.6) is 0 Å². The topological polar surface area (TPSA) is 72.6 Å². The van der Waals surface area contributed by atoms with Crippen molar-refractivity contribution in [2.45, 2.75) is 18.9 Å². The maximum atomic E-state index is 11.8. The molecule has 2 rings (SSSR count). The van der Waals surface area contributed by atoms with E-state index in [2.05, 4.69) is 0 Å². The van der Waals surface area contributed by atoms with Crippen LogP contribution in [0.1, 0.15) is 12.8 Å². The number of rotatable bonds is 1. The second kappa shape index (κ2) is 3.67. The Labute approximate surface area is 82.2 Å². The Morgan fingerprint density at radius 1 is 1.57 bits per heavy atom. The smallest absolute Gasteiger partial charge is 0.234 e. The SMILES string of the molecule is NC1CC(=O)N(C(=O)C2CCOC2)C1. The molecule has 2 saturated heterocycles. The van der Waals surface area contributed by atoms with E-state index in [1.54, 1.807) is 0 Å². The summed E-state index contributed by atoms with van der Waals surface area (Å²) in [6.45, 7) is 1.43. The van der Waals surface area contributed by atoms with E-state index in [1.807, 2.05) is 0 Å². The van der Waals surface area contributed by atoms with Gasteiger partial charge in [-0.25, -0.2) is 0 Å². The van der Waals surface area contributed by atoms with Gasteiger partial charge in [0.05, 0.1) is 12.5 Å². The molecule has 0 aromatic carbocycles. The molecular formula is C9H14N2O3. The van der Waals surface area contributed by atoms with Gasteiger partial charge in [-0.1, -0.05) is 0 Å². The molecule has 5 heteroatoms. The van der Waals surface area contributed by atoms with Crippen LogP contribution in [-0.2, 0) is 14.3 Å². The van der Waals surface area contributed by atoms with Crippen LogP contribution in [0.25, 0.3) is 0 Å². The zero-order valence-corrected chi connectivity index (χ0v) is 7.94. The van der Waals surface area contributed by atoms with E-state index in [4.69, 9.17) is 10.5 Å². The Balaban J connectivity index is 2.00. The third-order valence-corrected chi connectivity index (χ3v) is 2.70. The highest BCUT2D eigenvalue weighted by molar-refractivity contribution is 5.98. The van der Waals surface area contributed by atoms with Crippen LogP contribution >= 0.6 is 0 Å². The highest BCUT2D eigenvalue weighted by Crippen LogP contribution is 2.19. The Hall–Kier alpha value is -0.940. The Morgan fingerprint density at radius 3 is 2.86 bits per heavy atom. The fourth-order valence-corrected chi connectivity index (χ4v) is 1.90. The van der Waals surface area contributed by atoms with Crippen molar-refractivity contribution >= 4 is 11.8 Å². The molecule has 2 atom stereocenters. The molecule has 2 heterocycles. The van der Waals surface area contributed by atoms with Crippen molar-refractivity contribution in [2.24, 2.45) is 11.7 Å². The van der Waals surface area contributed by atoms with Crippen molar-refractivity contribution in [3.05, 3.63) is 0 Å². The third-order valence-electron chi connectivity index (χ3n) is 2.70. The number of carbonyl (C=O) groups is 2. The molecule has 0 aliphatic carbocycles. The summed E-state index contributed by atoms with van der Waals surface area (Å²) in [5.41, 5.74) is 5.61. The zero-order chi connectivity index (χ0) is 10.1. The summed E-state index contributed by atoms with van der Waals surface area (Å²) in [7, 11) is 0. The normalized spacial score (nSPS) is 32.6. The molecule has 0 aromatic rings. The maximum Gasteiger partial charge on any atom is 0.234 e. The van der Waals surface area contributed by atoms with Gasteiger partial charge in [0.15, 0.2) is 0 Å². The molecule has 2 amide bonds. The minimum atomic E-state index is -0.186. The number of nitrogens with two attached hydrogens (primary N) is 1. The number of nitrogens with zero attached hydrogens (tertiary/aromatic N) is 1. The van der Waals surface area contributed by atoms with Crippen LogP contribution in [0, 0.1) is 5.92 Å². The molecule has 0 spiro atoms. The Kier molecular flexibility index (Phi) is 2.52. The summed E-state index contributed by atoms with van der Waals surface area (Å²) in [5, 5.41) is 0. The molecular weight excluding hydrogens is 184 g/mol. The number of carbonyl (C=O) groups excluding carboxylic acids is 2. The first-order chi connectivity index (χ1) is 6.68. The van der Waals surface area contributed by atoms with Crippen molar-refractivity contribution in [3.63, 3.8) is 0 Å². The molecule has 78 valence electrons. The number of hydrogen-bond donors (Lipinski definition) is 1. The van der Waals surface area contributed by atoms with Gasteiger partial charge in [0.1, 0.15) is 0 Å². The van der Waals surface area contributed by atoms with Crippen molar-refractivity contribution in [2.75, 3.05) is 19.8 Å². The molecule has 2 unspecified atom stereocenters. The van der Waals surface area contributed by atoms with Crippen LogP contribution in [0.2, 0.25) is 0 Å². The van der Waals surface area contributed by atoms with Gasteiger partial charge in [-0.05, 0) is 6.42 Å². The van der Waals surface area contributed by atoms with Gasteiger partial charge in [-0.2, -0.15) is 0 Å². The van der Waals surface area contributed by atoms with Crippen LogP contribution in [-0.4, -0.2) is 42.5 Å². The van der Waals surface area contributed by atoms with E-state index in [-0.39, 0.29) is 23.8 Å². The highest BCUT2D eigenvalue weighted by Gasteiger charge is 2.36. The lowest BCUT2D eigenvalue weighted by molar-refractivity contribution is -0.144. The molecule has 2 fully saturated rings. The van der Waals surface area contributed by atoms with E-state index >= 15 is 0 Å². The van der Waals surface area contributed by atoms with Crippen molar-refractivity contribution in [1.82, 2.24) is 4.90 Å². The molecule has 0 saturated carbocycles. The van der Waals surface area contributed by atoms with Gasteiger partial charge >= 0.3 is 0 Å². The minimum absolute atomic E-state index is 0.111. The number of likely N-dealkylation sites (tertiary alicyclic amines) is 1. The van der Waals surface area contributed by atoms with Crippen LogP contribution < -0.4 is 5.73 Å². The molecule has 0 radical (unpaired) electrons. The molecule has 14 heavy (non-hydrogen) atoms. The molecule has 2 aliphatic rings. The summed E-state index contributed by atoms with van der Waals surface area (Å²) in [6, 6.07) is -0.186. The second-order valence-electron chi connectivity index (χ2n) is 3.87. The summed E-state index contributed by atoms with van der Waals surface area (Å²) in [5.74, 6) is -0.390. The highest BCUT2D eigenvalue weighted by atomic mass is 16.5. The summed E-state index contributed by atoms with van der Waals surface area (Å²) >= 11 is 0. The van der Waals surface area contributed by atoms with Gasteiger partial charge in [-0.15, -0.1) is 0 Å². The second-order valence-corrected chi connectivity index (χ2v) is 3.87. The molecule has 2 N–H and O–H groups in total. The average Bonchev–Trinajstić information content (AvgIpc) is 2.73. The van der Waals surface area contributed by atoms with Crippen molar-refractivity contribution in [3.8, 4) is 0 Å². The predicted molar refractivity (Wildman–Crippen MR) is 48.2 cm³/mol. The first-order valence-corrected chi connectivity index (χ1v) is 4.86. The van der Waals surface area contributed by atoms with Gasteiger partial charge in [0, 0.05) is 25.6 Å². The van der Waals surface area contributed by atoms with E-state index < -0.39 is 0 Å². The molecule has 0 bridgehead atoms. The van der Waals surface area contributed by atoms with E-state index in [0.29, 0.717) is 26.2 Å². The predicted octanol–water partition coefficient (Wildman–Crippen LogP) is -0.891. The standard InChI is InChI=1S/C9H14N2O3/c10-7-3-8(12)11(4-7)9(13)6-1-2-14-5-6/h6-7H,1-5,10H2. The van der Waals surface area contributed by atoms with Gasteiger partial charge in [0.25, 0.3) is 0 Å². The number of imide groups is 1. The quantitative estimate of drug-likeness (QED) is 0.555. The lowest BCUT2D eigenvalue weighted by atomic mass is 10.1. The third kappa shape index (κ3) is 1.65. The van der Waals surface area contributed by atoms with Gasteiger partial charge < -0.3 is 10.5 Å². The van der Waals surface area contributed by atoms with Crippen LogP contribution in [0.3, 0.4) is 0 Å². The maximum absolute atomic E-state index is 11.8. The largest absolute Gasteiger partial charge is 0.381 e. The zero-order valence-electron chi connectivity index (χ0n) is 7.94. The first-order valence-electron chi connectivity index (χ1n) is 4.86. The Morgan fingerprint density at radius 2 is 2.36 bits per heavy atom. The van der Waals surface area contributed by atoms with E-state index in [0.717, 1.165) is 6.42 Å². The van der Waals surface area contributed by atoms with Crippen molar-refractivity contribution < 1.29 is 14.3 Å². The summed E-state index contributed by atoms with van der Waals surface area (Å²) < 4.78 is 5.11. The monoisotopic (exact) mass is 198 g/mol. The van der Waals surface area contributed by atoms with Gasteiger partial charge in [-0.3, -0.25) is 14.5 Å². The number of ether oxygens (including phenoxy) is 1. The van der Waals surface area contributed by atoms with Crippen molar-refractivity contribution in [1.29, 1.82) is 0 Å². The van der Waals surface area contributed by atoms with E-state index in [9.17, 15) is 9.59 Å². The number of hydrogen-bond acceptors (Lipinski definition) is 4.